The molecular formula is C83H101N17O15. The first-order valence-corrected chi connectivity index (χ1v) is 38.4. The van der Waals surface area contributed by atoms with Crippen molar-refractivity contribution in [2.24, 2.45) is 10.8 Å². The Morgan fingerprint density at radius 3 is 1.27 bits per heavy atom. The number of likely N-dealkylation sites (N-methyl/N-ethyl adjacent to an activating group) is 2. The third-order valence-corrected chi connectivity index (χ3v) is 21.3. The Hall–Kier alpha value is -12.2. The van der Waals surface area contributed by atoms with E-state index in [1.54, 1.807) is 136 Å². The van der Waals surface area contributed by atoms with Crippen LogP contribution in [0.15, 0.2) is 146 Å². The molecule has 13 unspecified atom stereocenters. The number of aromatic nitrogens is 6. The number of carboxylic acids is 2. The number of nitrogens with one attached hydrogen (secondary N) is 9. The van der Waals surface area contributed by atoms with Crippen molar-refractivity contribution >= 4 is 86.6 Å². The molecule has 8 aromatic rings. The molecule has 12 bridgehead atoms. The van der Waals surface area contributed by atoms with E-state index in [4.69, 9.17) is 9.47 Å². The predicted octanol–water partition coefficient (Wildman–Crippen LogP) is 3.79. The first-order valence-electron chi connectivity index (χ1n) is 38.4. The number of hydrogen-bond acceptors (Lipinski definition) is 19. The lowest BCUT2D eigenvalue weighted by atomic mass is 9.85. The maximum atomic E-state index is 15.5. The van der Waals surface area contributed by atoms with E-state index in [1.165, 1.54) is 26.1 Å². The molecule has 0 radical (unpaired) electrons. The molecule has 6 aromatic carbocycles. The van der Waals surface area contributed by atoms with Gasteiger partial charge in [0.2, 0.25) is 53.2 Å². The Morgan fingerprint density at radius 1 is 0.496 bits per heavy atom. The number of ether oxygens (including phenoxy) is 2. The highest BCUT2D eigenvalue weighted by molar-refractivity contribution is 5.99. The number of aliphatic carboxylic acids is 2. The Bertz CT molecular complexity index is 4900. The average Bonchev–Trinajstić information content (AvgIpc) is 1.65. The van der Waals surface area contributed by atoms with Crippen LogP contribution in [0.1, 0.15) is 121 Å². The summed E-state index contributed by atoms with van der Waals surface area (Å²) < 4.78 is 15.4. The highest BCUT2D eigenvalue weighted by Crippen LogP contribution is 2.35. The van der Waals surface area contributed by atoms with Crippen molar-refractivity contribution in [3.05, 3.63) is 179 Å². The summed E-state index contributed by atoms with van der Waals surface area (Å²) in [5.74, 6) is -8.23. The van der Waals surface area contributed by atoms with Crippen LogP contribution in [0.3, 0.4) is 0 Å². The van der Waals surface area contributed by atoms with E-state index < -0.39 is 154 Å². The predicted molar refractivity (Wildman–Crippen MR) is 423 cm³/mol. The summed E-state index contributed by atoms with van der Waals surface area (Å²) in [5.41, 5.74) is 1.04. The maximum Gasteiger partial charge on any atom is 0.326 e. The van der Waals surface area contributed by atoms with Crippen molar-refractivity contribution in [1.82, 2.24) is 87.6 Å². The van der Waals surface area contributed by atoms with Gasteiger partial charge in [0.15, 0.2) is 0 Å². The van der Waals surface area contributed by atoms with Crippen LogP contribution >= 0.6 is 0 Å². The summed E-state index contributed by atoms with van der Waals surface area (Å²) in [5, 5.41) is 67.4. The summed E-state index contributed by atoms with van der Waals surface area (Å²) >= 11 is 0. The quantitative estimate of drug-likeness (QED) is 0.0655. The number of fused-ring (bicyclic) bond motifs is 2. The molecule has 608 valence electrons. The molecule has 0 spiro atoms. The fourth-order valence-corrected chi connectivity index (χ4v) is 14.3. The molecule has 11 N–H and O–H groups in total. The van der Waals surface area contributed by atoms with Gasteiger partial charge >= 0.3 is 11.9 Å². The lowest BCUT2D eigenvalue weighted by Crippen LogP contribution is -2.61. The van der Waals surface area contributed by atoms with Crippen molar-refractivity contribution < 1.29 is 72.4 Å². The normalized spacial score (nSPS) is 21.5. The molecule has 6 aliphatic rings. The minimum Gasteiger partial charge on any atom is -0.487 e. The zero-order valence-electron chi connectivity index (χ0n) is 66.2. The van der Waals surface area contributed by atoms with Gasteiger partial charge in [-0.25, -0.2) is 14.2 Å². The van der Waals surface area contributed by atoms with E-state index >= 15 is 24.0 Å². The molecule has 2 fully saturated rings. The van der Waals surface area contributed by atoms with Gasteiger partial charge in [0.25, 0.3) is 0 Å². The molecule has 8 heterocycles. The maximum absolute atomic E-state index is 15.5. The largest absolute Gasteiger partial charge is 0.487 e. The number of rotatable bonds is 16. The van der Waals surface area contributed by atoms with Crippen LogP contribution in [-0.2, 0) is 91.6 Å². The number of hydrogen-bond donors (Lipinski definition) is 11. The highest BCUT2D eigenvalue weighted by atomic mass is 16.5. The molecule has 32 heteroatoms. The molecule has 6 aliphatic heterocycles. The van der Waals surface area contributed by atoms with Gasteiger partial charge in [0, 0.05) is 51.6 Å². The smallest absolute Gasteiger partial charge is 0.326 e. The summed E-state index contributed by atoms with van der Waals surface area (Å²) in [6.07, 6.45) is 2.41. The third kappa shape index (κ3) is 21.0. The Balaban J connectivity index is 0.944. The van der Waals surface area contributed by atoms with Crippen molar-refractivity contribution in [1.29, 1.82) is 0 Å². The summed E-state index contributed by atoms with van der Waals surface area (Å²) in [4.78, 5) is 162. The van der Waals surface area contributed by atoms with E-state index in [-0.39, 0.29) is 64.8 Å². The van der Waals surface area contributed by atoms with Gasteiger partial charge in [-0.1, -0.05) is 161 Å². The number of carbonyl (C=O) groups is 11. The summed E-state index contributed by atoms with van der Waals surface area (Å²) in [6.45, 7) is 14.7. The van der Waals surface area contributed by atoms with Crippen molar-refractivity contribution in [3.8, 4) is 11.5 Å². The fourth-order valence-electron chi connectivity index (χ4n) is 14.3. The summed E-state index contributed by atoms with van der Waals surface area (Å²) in [7, 11) is 3.21. The topological polar surface area (TPSA) is 423 Å². The second kappa shape index (κ2) is 36.3. The number of amides is 9. The molecular weight excluding hydrogens is 1480 g/mol. The minimum atomic E-state index is -1.53. The Labute approximate surface area is 665 Å². The van der Waals surface area contributed by atoms with E-state index in [0.29, 0.717) is 45.1 Å². The molecule has 0 saturated carbocycles. The third-order valence-electron chi connectivity index (χ3n) is 21.3. The second-order valence-corrected chi connectivity index (χ2v) is 32.0. The average molecular weight is 1580 g/mol. The lowest BCUT2D eigenvalue weighted by molar-refractivity contribution is -0.145. The second-order valence-electron chi connectivity index (χ2n) is 32.0. The van der Waals surface area contributed by atoms with E-state index in [0.717, 1.165) is 21.5 Å². The van der Waals surface area contributed by atoms with Crippen LogP contribution in [0.4, 0.5) is 0 Å². The monoisotopic (exact) mass is 1580 g/mol. The number of benzene rings is 6. The van der Waals surface area contributed by atoms with Crippen LogP contribution in [0, 0.1) is 10.8 Å². The van der Waals surface area contributed by atoms with Gasteiger partial charge in [-0.3, -0.25) is 47.9 Å². The van der Waals surface area contributed by atoms with Gasteiger partial charge in [0.05, 0.1) is 36.6 Å². The molecule has 32 nitrogen and oxygen atoms in total. The van der Waals surface area contributed by atoms with Crippen LogP contribution in [-0.4, -0.2) is 209 Å². The van der Waals surface area contributed by atoms with Crippen molar-refractivity contribution in [2.75, 3.05) is 27.2 Å². The number of likely N-dealkylation sites (tertiary alicyclic amines) is 2. The van der Waals surface area contributed by atoms with E-state index in [9.17, 15) is 39.0 Å². The number of carboxylic acid groups (broad SMARTS) is 2. The molecule has 13 atom stereocenters. The minimum absolute atomic E-state index is 0.0585. The first-order chi connectivity index (χ1) is 54.7. The van der Waals surface area contributed by atoms with Gasteiger partial charge in [0.1, 0.15) is 90.5 Å². The van der Waals surface area contributed by atoms with Gasteiger partial charge in [-0.05, 0) is 114 Å². The van der Waals surface area contributed by atoms with Crippen LogP contribution in [0.5, 0.6) is 11.5 Å². The molecule has 14 rings (SSSR count). The Kier molecular flexibility index (Phi) is 26.4. The SMILES string of the molecule is CNC(C)C(=O)NC(C(=O)N1CC2CC1C(=O)NC(Cc1ccc3ccccc3c1)C(=O)NC(C(=O)O)Cc1ccc(cc1)OCc1cn(nn1)C1CC(C(=O)NC(Cc3ccc4ccccc4c3)C(=O)NC(C(=O)NC(C)C(=O)O)Cc3ccc(cc3)OCc3cn2nn3)N(C(=O)C(NC(=O)C(C)NC)C(C)(C)C)C1)C(C)(C)C. The highest BCUT2D eigenvalue weighted by Gasteiger charge is 2.49. The molecule has 2 aromatic heterocycles. The summed E-state index contributed by atoms with van der Waals surface area (Å²) in [6, 6.07) is 24.1. The number of carbonyl (C=O) groups excluding carboxylic acids is 9. The fraction of sp³-hybridized carbons (Fsp3) is 0.434. The lowest BCUT2D eigenvalue weighted by Gasteiger charge is -2.36. The van der Waals surface area contributed by atoms with Crippen molar-refractivity contribution in [3.63, 3.8) is 0 Å². The zero-order chi connectivity index (χ0) is 82.7. The van der Waals surface area contributed by atoms with Gasteiger partial charge in [-0.2, -0.15) is 0 Å². The van der Waals surface area contributed by atoms with Gasteiger partial charge < -0.3 is 77.3 Å². The molecule has 0 aliphatic carbocycles. The van der Waals surface area contributed by atoms with Crippen LogP contribution in [0.2, 0.25) is 0 Å². The van der Waals surface area contributed by atoms with E-state index in [1.807, 2.05) is 78.9 Å². The Morgan fingerprint density at radius 2 is 0.887 bits per heavy atom. The molecule has 115 heavy (non-hydrogen) atoms. The standard InChI is InChI=1S/C83H101N17O15/c1-46(84-10)71(101)91-69(82(4,5)6)78(108)97-42-59-38-67(97)76(106)88-64(36-51-20-26-53-16-12-14-18-55(53)32-51)74(104)87-63(73(103)86-48(3)80(110)111)34-49-22-28-61(29-23-49)114-44-57-40-100(95-93-57)60-39-68(98(43-60)79(109)70(83(7,8)9)92-72(102)47(2)85-11)77(107)89-65(37-52-21-27-54-17-13-15-19-56(54)33-52)75(105)90-66(81(112)113)35-50-24-30-62(31-25-50)115-45-58-41-99(59)96-94-58/h12-33,40-41,46-48,59-60,63-70,84-85H,34-39,42-45H2,1-11H3,(H,86,103)(H,87,104)(H,88,106)(H,89,107)(H,90,105)(H,91,101)(H,92,102)(H,110,111)(H,112,113). The van der Waals surface area contributed by atoms with Crippen LogP contribution in [0.25, 0.3) is 21.5 Å². The van der Waals surface area contributed by atoms with Crippen LogP contribution < -0.4 is 57.3 Å². The van der Waals surface area contributed by atoms with E-state index in [2.05, 4.69) is 68.5 Å². The first kappa shape index (κ1) is 83.7. The van der Waals surface area contributed by atoms with Gasteiger partial charge in [-0.15, -0.1) is 10.2 Å². The molecule has 2 saturated heterocycles. The number of nitrogens with zero attached hydrogens (tertiary/aromatic N) is 8. The van der Waals surface area contributed by atoms with Crippen molar-refractivity contribution in [2.45, 2.75) is 193 Å². The molecule has 9 amide bonds. The zero-order valence-corrected chi connectivity index (χ0v) is 66.2.